The van der Waals surface area contributed by atoms with E-state index >= 15 is 0 Å². The van der Waals surface area contributed by atoms with Gasteiger partial charge < -0.3 is 9.88 Å². The van der Waals surface area contributed by atoms with Crippen molar-refractivity contribution in [2.24, 2.45) is 7.05 Å². The Balaban J connectivity index is 1.59. The zero-order valence-corrected chi connectivity index (χ0v) is 17.2. The number of aromatic nitrogens is 3. The first-order valence-electron chi connectivity index (χ1n) is 8.24. The Morgan fingerprint density at radius 1 is 1.11 bits per heavy atom. The minimum absolute atomic E-state index is 0.118. The third-order valence-corrected chi connectivity index (χ3v) is 5.51. The molecule has 1 heterocycles. The Morgan fingerprint density at radius 3 is 2.56 bits per heavy atom. The standard InChI is InChI=1S/C19H18Cl2N4OS/c1-12-3-6-15(21)10-16(12)22-18(26)11-27-19-24-23-17(25(19)2)9-13-4-7-14(20)8-5-13/h3-8,10H,9,11H2,1-2H3,(H,22,26). The number of carbonyl (C=O) groups is 1. The number of amides is 1. The van der Waals surface area contributed by atoms with Crippen LogP contribution >= 0.6 is 35.0 Å². The highest BCUT2D eigenvalue weighted by Crippen LogP contribution is 2.22. The molecule has 3 aromatic rings. The molecule has 2 aromatic carbocycles. The zero-order valence-electron chi connectivity index (χ0n) is 14.9. The molecule has 5 nitrogen and oxygen atoms in total. The lowest BCUT2D eigenvalue weighted by molar-refractivity contribution is -0.113. The van der Waals surface area contributed by atoms with E-state index in [1.165, 1.54) is 11.8 Å². The molecule has 27 heavy (non-hydrogen) atoms. The minimum Gasteiger partial charge on any atom is -0.325 e. The van der Waals surface area contributed by atoms with E-state index in [9.17, 15) is 4.79 Å². The Labute approximate surface area is 172 Å². The van der Waals surface area contributed by atoms with Gasteiger partial charge in [-0.3, -0.25) is 4.79 Å². The van der Waals surface area contributed by atoms with Crippen molar-refractivity contribution < 1.29 is 4.79 Å². The van der Waals surface area contributed by atoms with Crippen LogP contribution in [0.25, 0.3) is 0 Å². The lowest BCUT2D eigenvalue weighted by Crippen LogP contribution is -2.15. The van der Waals surface area contributed by atoms with Crippen molar-refractivity contribution in [3.8, 4) is 0 Å². The molecule has 0 fully saturated rings. The number of carbonyl (C=O) groups excluding carboxylic acids is 1. The van der Waals surface area contributed by atoms with Crippen LogP contribution in [0.4, 0.5) is 5.69 Å². The van der Waals surface area contributed by atoms with Gasteiger partial charge in [0.2, 0.25) is 5.91 Å². The summed E-state index contributed by atoms with van der Waals surface area (Å²) in [5.41, 5.74) is 2.77. The number of aryl methyl sites for hydroxylation is 1. The van der Waals surface area contributed by atoms with Gasteiger partial charge in [-0.15, -0.1) is 10.2 Å². The Hall–Kier alpha value is -2.02. The molecular weight excluding hydrogens is 403 g/mol. The lowest BCUT2D eigenvalue weighted by Gasteiger charge is -2.08. The van der Waals surface area contributed by atoms with Crippen LogP contribution in [-0.4, -0.2) is 26.4 Å². The first-order valence-corrected chi connectivity index (χ1v) is 9.98. The summed E-state index contributed by atoms with van der Waals surface area (Å²) in [7, 11) is 1.90. The largest absolute Gasteiger partial charge is 0.325 e. The number of nitrogens with zero attached hydrogens (tertiary/aromatic N) is 3. The molecule has 3 rings (SSSR count). The highest BCUT2D eigenvalue weighted by Gasteiger charge is 2.13. The van der Waals surface area contributed by atoms with Crippen LogP contribution in [0.5, 0.6) is 0 Å². The number of benzene rings is 2. The summed E-state index contributed by atoms with van der Waals surface area (Å²) in [6.45, 7) is 1.92. The van der Waals surface area contributed by atoms with Crippen LogP contribution < -0.4 is 5.32 Å². The molecule has 0 aliphatic carbocycles. The third-order valence-electron chi connectivity index (χ3n) is 4.01. The zero-order chi connectivity index (χ0) is 19.4. The molecule has 0 bridgehead atoms. The third kappa shape index (κ3) is 5.25. The SMILES string of the molecule is Cc1ccc(Cl)cc1NC(=O)CSc1nnc(Cc2ccc(Cl)cc2)n1C. The van der Waals surface area contributed by atoms with Gasteiger partial charge in [0.15, 0.2) is 5.16 Å². The molecule has 1 amide bonds. The average molecular weight is 421 g/mol. The number of hydrogen-bond acceptors (Lipinski definition) is 4. The summed E-state index contributed by atoms with van der Waals surface area (Å²) in [4.78, 5) is 12.2. The van der Waals surface area contributed by atoms with Gasteiger partial charge in [0.1, 0.15) is 5.82 Å². The topological polar surface area (TPSA) is 59.8 Å². The summed E-state index contributed by atoms with van der Waals surface area (Å²) in [6, 6.07) is 13.0. The van der Waals surface area contributed by atoms with Gasteiger partial charge in [0, 0.05) is 29.2 Å². The van der Waals surface area contributed by atoms with Crippen LogP contribution in [0.3, 0.4) is 0 Å². The fourth-order valence-electron chi connectivity index (χ4n) is 2.45. The molecule has 0 spiro atoms. The maximum Gasteiger partial charge on any atom is 0.234 e. The molecule has 0 saturated heterocycles. The second kappa shape index (κ2) is 8.78. The van der Waals surface area contributed by atoms with Crippen molar-refractivity contribution >= 4 is 46.6 Å². The maximum absolute atomic E-state index is 12.2. The molecule has 140 valence electrons. The van der Waals surface area contributed by atoms with Crippen LogP contribution in [0.1, 0.15) is 17.0 Å². The van der Waals surface area contributed by atoms with Crippen molar-refractivity contribution in [2.75, 3.05) is 11.1 Å². The first kappa shape index (κ1) is 19.7. The van der Waals surface area contributed by atoms with E-state index in [1.807, 2.05) is 48.9 Å². The molecule has 0 atom stereocenters. The molecule has 1 N–H and O–H groups in total. The predicted octanol–water partition coefficient (Wildman–Crippen LogP) is 4.75. The highest BCUT2D eigenvalue weighted by molar-refractivity contribution is 7.99. The maximum atomic E-state index is 12.2. The molecule has 0 unspecified atom stereocenters. The monoisotopic (exact) mass is 420 g/mol. The van der Waals surface area contributed by atoms with E-state index in [1.54, 1.807) is 12.1 Å². The normalized spacial score (nSPS) is 10.8. The summed E-state index contributed by atoms with van der Waals surface area (Å²) in [5, 5.41) is 13.3. The number of hydrogen-bond donors (Lipinski definition) is 1. The van der Waals surface area contributed by atoms with Gasteiger partial charge in [0.25, 0.3) is 0 Å². The van der Waals surface area contributed by atoms with E-state index in [2.05, 4.69) is 15.5 Å². The fourth-order valence-corrected chi connectivity index (χ4v) is 3.48. The van der Waals surface area contributed by atoms with Crippen LogP contribution in [0, 0.1) is 6.92 Å². The number of thioether (sulfide) groups is 1. The van der Waals surface area contributed by atoms with Crippen LogP contribution in [0.15, 0.2) is 47.6 Å². The number of anilines is 1. The molecule has 0 radical (unpaired) electrons. The van der Waals surface area contributed by atoms with Gasteiger partial charge in [-0.1, -0.05) is 53.2 Å². The van der Waals surface area contributed by atoms with Crippen molar-refractivity contribution in [1.29, 1.82) is 0 Å². The van der Waals surface area contributed by atoms with Crippen molar-refractivity contribution in [1.82, 2.24) is 14.8 Å². The van der Waals surface area contributed by atoms with Gasteiger partial charge in [0.05, 0.1) is 5.75 Å². The smallest absolute Gasteiger partial charge is 0.234 e. The van der Waals surface area contributed by atoms with Crippen LogP contribution in [-0.2, 0) is 18.3 Å². The molecule has 1 aromatic heterocycles. The van der Waals surface area contributed by atoms with Crippen molar-refractivity contribution in [3.63, 3.8) is 0 Å². The van der Waals surface area contributed by atoms with E-state index in [0.717, 1.165) is 22.6 Å². The molecule has 0 aliphatic heterocycles. The number of halogens is 2. The van der Waals surface area contributed by atoms with Crippen molar-refractivity contribution in [3.05, 3.63) is 69.5 Å². The number of nitrogens with one attached hydrogen (secondary N) is 1. The van der Waals surface area contributed by atoms with Gasteiger partial charge >= 0.3 is 0 Å². The van der Waals surface area contributed by atoms with E-state index in [0.29, 0.717) is 21.6 Å². The lowest BCUT2D eigenvalue weighted by atomic mass is 10.1. The van der Waals surface area contributed by atoms with Gasteiger partial charge in [-0.05, 0) is 42.3 Å². The minimum atomic E-state index is -0.118. The van der Waals surface area contributed by atoms with Crippen molar-refractivity contribution in [2.45, 2.75) is 18.5 Å². The Kier molecular flexibility index (Phi) is 6.42. The summed E-state index contributed by atoms with van der Waals surface area (Å²) in [5.74, 6) is 0.942. The highest BCUT2D eigenvalue weighted by atomic mass is 35.5. The molecule has 8 heteroatoms. The van der Waals surface area contributed by atoms with Gasteiger partial charge in [-0.2, -0.15) is 0 Å². The van der Waals surface area contributed by atoms with E-state index in [4.69, 9.17) is 23.2 Å². The fraction of sp³-hybridized carbons (Fsp3) is 0.211. The predicted molar refractivity (Wildman–Crippen MR) is 111 cm³/mol. The van der Waals surface area contributed by atoms with Crippen LogP contribution in [0.2, 0.25) is 10.0 Å². The van der Waals surface area contributed by atoms with E-state index < -0.39 is 0 Å². The second-order valence-corrected chi connectivity index (χ2v) is 7.87. The molecule has 0 saturated carbocycles. The summed E-state index contributed by atoms with van der Waals surface area (Å²) in [6.07, 6.45) is 0.648. The quantitative estimate of drug-likeness (QED) is 0.584. The Bertz CT molecular complexity index is 957. The summed E-state index contributed by atoms with van der Waals surface area (Å²) >= 11 is 13.2. The molecule has 0 aliphatic rings. The average Bonchev–Trinajstić information content (AvgIpc) is 2.98. The van der Waals surface area contributed by atoms with E-state index in [-0.39, 0.29) is 11.7 Å². The summed E-state index contributed by atoms with van der Waals surface area (Å²) < 4.78 is 1.90. The first-order chi connectivity index (χ1) is 12.9. The Morgan fingerprint density at radius 2 is 1.81 bits per heavy atom. The second-order valence-electron chi connectivity index (χ2n) is 6.06. The van der Waals surface area contributed by atoms with Gasteiger partial charge in [-0.25, -0.2) is 0 Å². The molecular formula is C19H18Cl2N4OS. The number of rotatable bonds is 6.